The topological polar surface area (TPSA) is 66.6 Å². The summed E-state index contributed by atoms with van der Waals surface area (Å²) in [7, 11) is 0. The molecule has 2 amide bonds. The maximum absolute atomic E-state index is 11.6. The van der Waals surface area contributed by atoms with Gasteiger partial charge in [-0.25, -0.2) is 0 Å². The van der Waals surface area contributed by atoms with Gasteiger partial charge >= 0.3 is 0 Å². The van der Waals surface area contributed by atoms with Crippen LogP contribution in [0, 0.1) is 0 Å². The van der Waals surface area contributed by atoms with Crippen molar-refractivity contribution >= 4 is 29.0 Å². The number of hydrogen-bond donors (Lipinski definition) is 1. The number of amides is 2. The van der Waals surface area contributed by atoms with E-state index < -0.39 is 0 Å². The Morgan fingerprint density at radius 3 is 2.40 bits per heavy atom. The molecule has 0 aliphatic carbocycles. The van der Waals surface area contributed by atoms with E-state index in [2.05, 4.69) is 0 Å². The molecule has 6 heteroatoms. The largest absolute Gasteiger partial charge is 0.392 e. The van der Waals surface area contributed by atoms with Crippen LogP contribution in [-0.2, 0) is 9.59 Å². The number of rotatable bonds is 4. The average Bonchev–Trinajstić information content (AvgIpc) is 2.13. The van der Waals surface area contributed by atoms with Gasteiger partial charge in [-0.1, -0.05) is 19.1 Å². The molecule has 15 heavy (non-hydrogen) atoms. The summed E-state index contributed by atoms with van der Waals surface area (Å²) in [6.45, 7) is 3.04. The zero-order valence-corrected chi connectivity index (χ0v) is 9.55. The molecule has 2 N–H and O–H groups in total. The lowest BCUT2D eigenvalue weighted by molar-refractivity contribution is -0.149. The van der Waals surface area contributed by atoms with Gasteiger partial charge in [0.2, 0.25) is 11.8 Å². The summed E-state index contributed by atoms with van der Waals surface area (Å²) >= 11 is 4.71. The molecule has 1 fully saturated rings. The van der Waals surface area contributed by atoms with Crippen LogP contribution < -0.4 is 5.73 Å². The summed E-state index contributed by atoms with van der Waals surface area (Å²) in [6.07, 6.45) is 0.855. The van der Waals surface area contributed by atoms with Crippen LogP contribution in [0.1, 0.15) is 13.3 Å². The van der Waals surface area contributed by atoms with Crippen molar-refractivity contribution in [3.63, 3.8) is 0 Å². The second-order valence-corrected chi connectivity index (χ2v) is 4.06. The Labute approximate surface area is 94.2 Å². The van der Waals surface area contributed by atoms with Crippen molar-refractivity contribution in [1.82, 2.24) is 9.80 Å². The average molecular weight is 229 g/mol. The third-order valence-corrected chi connectivity index (χ3v) is 2.33. The zero-order chi connectivity index (χ0) is 11.4. The zero-order valence-electron chi connectivity index (χ0n) is 8.73. The Bertz CT molecular complexity index is 293. The molecule has 0 aromatic carbocycles. The first-order valence-corrected chi connectivity index (χ1v) is 5.29. The van der Waals surface area contributed by atoms with Crippen molar-refractivity contribution in [1.29, 1.82) is 0 Å². The SMILES string of the molecule is CCCN1CC(=O)N(CC(N)=S)CC1=O. The molecular formula is C9H15N3O2S. The standard InChI is InChI=1S/C9H15N3O2S/c1-2-3-11-5-9(14)12(4-7(10)15)6-8(11)13/h2-6H2,1H3,(H2,10,15). The lowest BCUT2D eigenvalue weighted by atomic mass is 10.2. The van der Waals surface area contributed by atoms with E-state index in [1.807, 2.05) is 6.92 Å². The van der Waals surface area contributed by atoms with Gasteiger partial charge in [0.05, 0.1) is 18.1 Å². The predicted molar refractivity (Wildman–Crippen MR) is 60.2 cm³/mol. The van der Waals surface area contributed by atoms with Gasteiger partial charge in [0.1, 0.15) is 6.54 Å². The molecular weight excluding hydrogens is 214 g/mol. The van der Waals surface area contributed by atoms with Crippen LogP contribution in [0.3, 0.4) is 0 Å². The highest BCUT2D eigenvalue weighted by molar-refractivity contribution is 7.80. The molecule has 5 nitrogen and oxygen atoms in total. The Hall–Kier alpha value is -1.17. The molecule has 0 bridgehead atoms. The molecule has 0 spiro atoms. The first kappa shape index (κ1) is 11.9. The molecule has 0 atom stereocenters. The highest BCUT2D eigenvalue weighted by atomic mass is 32.1. The molecule has 1 saturated heterocycles. The fourth-order valence-electron chi connectivity index (χ4n) is 1.51. The molecule has 1 aliphatic heterocycles. The highest BCUT2D eigenvalue weighted by Crippen LogP contribution is 2.05. The molecule has 0 aromatic heterocycles. The van der Waals surface area contributed by atoms with E-state index in [9.17, 15) is 9.59 Å². The first-order valence-electron chi connectivity index (χ1n) is 4.88. The van der Waals surface area contributed by atoms with Crippen molar-refractivity contribution in [2.75, 3.05) is 26.2 Å². The second kappa shape index (κ2) is 5.06. The van der Waals surface area contributed by atoms with Gasteiger partial charge in [0.15, 0.2) is 0 Å². The van der Waals surface area contributed by atoms with E-state index in [0.29, 0.717) is 6.54 Å². The van der Waals surface area contributed by atoms with Gasteiger partial charge in [0.25, 0.3) is 0 Å². The minimum Gasteiger partial charge on any atom is -0.392 e. The number of carbonyl (C=O) groups excluding carboxylic acids is 2. The summed E-state index contributed by atoms with van der Waals surface area (Å²) in [6, 6.07) is 0. The molecule has 1 heterocycles. The molecule has 84 valence electrons. The third kappa shape index (κ3) is 3.16. The van der Waals surface area contributed by atoms with Crippen LogP contribution in [0.2, 0.25) is 0 Å². The molecule has 0 radical (unpaired) electrons. The summed E-state index contributed by atoms with van der Waals surface area (Å²) in [5, 5.41) is 0. The maximum atomic E-state index is 11.6. The van der Waals surface area contributed by atoms with Crippen LogP contribution in [0.25, 0.3) is 0 Å². The number of nitrogens with zero attached hydrogens (tertiary/aromatic N) is 2. The Balaban J connectivity index is 2.58. The minimum atomic E-state index is -0.0872. The van der Waals surface area contributed by atoms with Gasteiger partial charge in [0, 0.05) is 6.54 Å². The van der Waals surface area contributed by atoms with Gasteiger partial charge in [-0.2, -0.15) is 0 Å². The van der Waals surface area contributed by atoms with Crippen LogP contribution in [0.15, 0.2) is 0 Å². The van der Waals surface area contributed by atoms with E-state index in [1.54, 1.807) is 4.90 Å². The van der Waals surface area contributed by atoms with Gasteiger partial charge < -0.3 is 15.5 Å². The lowest BCUT2D eigenvalue weighted by Gasteiger charge is -2.33. The fraction of sp³-hybridized carbons (Fsp3) is 0.667. The molecule has 1 rings (SSSR count). The Kier molecular flexibility index (Phi) is 4.02. The molecule has 0 aromatic rings. The lowest BCUT2D eigenvalue weighted by Crippen LogP contribution is -2.55. The molecule has 0 saturated carbocycles. The normalized spacial score (nSPS) is 17.1. The summed E-state index contributed by atoms with van der Waals surface area (Å²) in [5.74, 6) is -0.122. The summed E-state index contributed by atoms with van der Waals surface area (Å²) in [4.78, 5) is 26.4. The van der Waals surface area contributed by atoms with Crippen molar-refractivity contribution in [2.24, 2.45) is 5.73 Å². The predicted octanol–water partition coefficient (Wildman–Crippen LogP) is -0.647. The number of thiocarbonyl (C=S) groups is 1. The van der Waals surface area contributed by atoms with E-state index in [1.165, 1.54) is 4.90 Å². The highest BCUT2D eigenvalue weighted by Gasteiger charge is 2.29. The van der Waals surface area contributed by atoms with Gasteiger partial charge in [-0.3, -0.25) is 9.59 Å². The number of nitrogens with two attached hydrogens (primary N) is 1. The van der Waals surface area contributed by atoms with E-state index in [-0.39, 0.29) is 36.4 Å². The quantitative estimate of drug-likeness (QED) is 0.651. The van der Waals surface area contributed by atoms with Crippen molar-refractivity contribution in [2.45, 2.75) is 13.3 Å². The molecule has 0 unspecified atom stereocenters. The van der Waals surface area contributed by atoms with Crippen LogP contribution in [-0.4, -0.2) is 52.8 Å². The Morgan fingerprint density at radius 1 is 1.33 bits per heavy atom. The minimum absolute atomic E-state index is 0.0345. The monoisotopic (exact) mass is 229 g/mol. The van der Waals surface area contributed by atoms with E-state index >= 15 is 0 Å². The number of hydrogen-bond acceptors (Lipinski definition) is 3. The molecule has 1 aliphatic rings. The smallest absolute Gasteiger partial charge is 0.243 e. The van der Waals surface area contributed by atoms with Crippen molar-refractivity contribution < 1.29 is 9.59 Å². The van der Waals surface area contributed by atoms with Crippen molar-refractivity contribution in [3.8, 4) is 0 Å². The van der Waals surface area contributed by atoms with E-state index in [4.69, 9.17) is 18.0 Å². The number of piperazine rings is 1. The van der Waals surface area contributed by atoms with Crippen molar-refractivity contribution in [3.05, 3.63) is 0 Å². The van der Waals surface area contributed by atoms with Crippen LogP contribution >= 0.6 is 12.2 Å². The number of carbonyl (C=O) groups is 2. The Morgan fingerprint density at radius 2 is 1.87 bits per heavy atom. The van der Waals surface area contributed by atoms with Gasteiger partial charge in [-0.05, 0) is 6.42 Å². The first-order chi connectivity index (χ1) is 7.04. The summed E-state index contributed by atoms with van der Waals surface area (Å²) in [5.41, 5.74) is 5.34. The second-order valence-electron chi connectivity index (χ2n) is 3.53. The van der Waals surface area contributed by atoms with Crippen LogP contribution in [0.5, 0.6) is 0 Å². The van der Waals surface area contributed by atoms with Gasteiger partial charge in [-0.15, -0.1) is 0 Å². The van der Waals surface area contributed by atoms with Crippen LogP contribution in [0.4, 0.5) is 0 Å². The summed E-state index contributed by atoms with van der Waals surface area (Å²) < 4.78 is 0. The maximum Gasteiger partial charge on any atom is 0.243 e. The third-order valence-electron chi connectivity index (χ3n) is 2.20. The van der Waals surface area contributed by atoms with E-state index in [0.717, 1.165) is 6.42 Å². The fourth-order valence-corrected chi connectivity index (χ4v) is 1.66.